The summed E-state index contributed by atoms with van der Waals surface area (Å²) < 4.78 is 6.34. The van der Waals surface area contributed by atoms with Crippen LogP contribution in [0.3, 0.4) is 0 Å². The van der Waals surface area contributed by atoms with Crippen LogP contribution in [0, 0.1) is 0 Å². The van der Waals surface area contributed by atoms with E-state index in [2.05, 4.69) is 29.8 Å². The molecule has 1 aliphatic heterocycles. The molecule has 0 unspecified atom stereocenters. The van der Waals surface area contributed by atoms with Crippen molar-refractivity contribution in [2.45, 2.75) is 39.3 Å². The maximum Gasteiger partial charge on any atom is 0.226 e. The van der Waals surface area contributed by atoms with E-state index in [-0.39, 0.29) is 5.91 Å². The second kappa shape index (κ2) is 9.20. The molecule has 0 saturated carbocycles. The zero-order valence-corrected chi connectivity index (χ0v) is 19.6. The van der Waals surface area contributed by atoms with Crippen LogP contribution in [0.1, 0.15) is 30.7 Å². The number of hydrogen-bond acceptors (Lipinski definition) is 7. The van der Waals surface area contributed by atoms with Gasteiger partial charge in [0, 0.05) is 36.0 Å². The van der Waals surface area contributed by atoms with Crippen molar-refractivity contribution < 1.29 is 9.53 Å². The van der Waals surface area contributed by atoms with Crippen LogP contribution in [0.4, 0.5) is 5.00 Å². The molecular formula is C21H25ClN4O2S2. The molecule has 1 amide bonds. The van der Waals surface area contributed by atoms with Crippen molar-refractivity contribution in [3.05, 3.63) is 27.6 Å². The monoisotopic (exact) mass is 464 g/mol. The molecular weight excluding hydrogens is 440 g/mol. The number of thiophene rings is 1. The van der Waals surface area contributed by atoms with E-state index in [1.165, 1.54) is 10.4 Å². The van der Waals surface area contributed by atoms with Crippen LogP contribution >= 0.6 is 34.3 Å². The number of amides is 1. The Kier molecular flexibility index (Phi) is 6.60. The van der Waals surface area contributed by atoms with E-state index in [4.69, 9.17) is 21.3 Å². The summed E-state index contributed by atoms with van der Waals surface area (Å²) in [7, 11) is 1.60. The molecule has 0 spiro atoms. The largest absolute Gasteiger partial charge is 0.495 e. The molecule has 3 heterocycles. The Morgan fingerprint density at radius 1 is 1.37 bits per heavy atom. The Labute approximate surface area is 189 Å². The molecule has 0 fully saturated rings. The van der Waals surface area contributed by atoms with Crippen LogP contribution in [0.15, 0.2) is 12.1 Å². The number of nitrogens with one attached hydrogen (secondary N) is 3. The highest BCUT2D eigenvalue weighted by Gasteiger charge is 2.25. The number of thiazole rings is 1. The van der Waals surface area contributed by atoms with Gasteiger partial charge in [-0.2, -0.15) is 0 Å². The van der Waals surface area contributed by atoms with Crippen molar-refractivity contribution in [1.82, 2.24) is 15.6 Å². The van der Waals surface area contributed by atoms with Crippen molar-refractivity contribution in [2.75, 3.05) is 25.5 Å². The van der Waals surface area contributed by atoms with E-state index in [1.54, 1.807) is 29.8 Å². The molecule has 160 valence electrons. The molecule has 6 nitrogen and oxygen atoms in total. The molecule has 0 atom stereocenters. The molecule has 4 rings (SSSR count). The first-order valence-corrected chi connectivity index (χ1v) is 12.0. The number of halogens is 1. The average Bonchev–Trinajstić information content (AvgIpc) is 3.29. The van der Waals surface area contributed by atoms with Gasteiger partial charge < -0.3 is 20.7 Å². The van der Waals surface area contributed by atoms with Gasteiger partial charge in [-0.3, -0.25) is 4.79 Å². The van der Waals surface area contributed by atoms with E-state index in [1.807, 2.05) is 12.1 Å². The Morgan fingerprint density at radius 3 is 2.97 bits per heavy atom. The first-order valence-electron chi connectivity index (χ1n) is 9.99. The third-order valence-corrected chi connectivity index (χ3v) is 7.53. The topological polar surface area (TPSA) is 75.3 Å². The molecule has 0 saturated heterocycles. The first-order chi connectivity index (χ1) is 14.5. The number of aromatic nitrogens is 1. The van der Waals surface area contributed by atoms with Crippen molar-refractivity contribution >= 4 is 55.4 Å². The smallest absolute Gasteiger partial charge is 0.226 e. The molecule has 30 heavy (non-hydrogen) atoms. The zero-order chi connectivity index (χ0) is 21.3. The predicted octanol–water partition coefficient (Wildman–Crippen LogP) is 4.66. The number of anilines is 1. The van der Waals surface area contributed by atoms with Gasteiger partial charge in [0.25, 0.3) is 0 Å². The fraction of sp³-hybridized carbons (Fsp3) is 0.429. The number of fused-ring (bicyclic) bond motifs is 2. The molecule has 0 radical (unpaired) electrons. The Morgan fingerprint density at radius 2 is 2.20 bits per heavy atom. The summed E-state index contributed by atoms with van der Waals surface area (Å²) in [6, 6.07) is 4.21. The van der Waals surface area contributed by atoms with E-state index < -0.39 is 0 Å². The van der Waals surface area contributed by atoms with Gasteiger partial charge in [0.05, 0.1) is 11.8 Å². The van der Waals surface area contributed by atoms with Crippen LogP contribution in [-0.4, -0.2) is 37.1 Å². The Hall–Kier alpha value is -1.71. The highest BCUT2D eigenvalue weighted by Crippen LogP contribution is 2.46. The lowest BCUT2D eigenvalue weighted by Crippen LogP contribution is -2.27. The number of rotatable bonds is 7. The van der Waals surface area contributed by atoms with Gasteiger partial charge in [0.1, 0.15) is 26.3 Å². The van der Waals surface area contributed by atoms with Crippen LogP contribution in [0.5, 0.6) is 5.75 Å². The maximum atomic E-state index is 12.6. The lowest BCUT2D eigenvalue weighted by atomic mass is 10.0. The number of hydrogen-bond donors (Lipinski definition) is 3. The second-order valence-electron chi connectivity index (χ2n) is 7.49. The van der Waals surface area contributed by atoms with Gasteiger partial charge >= 0.3 is 0 Å². The number of ether oxygens (including phenoxy) is 1. The molecule has 2 aromatic heterocycles. The normalized spacial score (nSPS) is 13.6. The highest BCUT2D eigenvalue weighted by molar-refractivity contribution is 7.23. The lowest BCUT2D eigenvalue weighted by molar-refractivity contribution is -0.116. The van der Waals surface area contributed by atoms with E-state index in [0.717, 1.165) is 45.3 Å². The summed E-state index contributed by atoms with van der Waals surface area (Å²) >= 11 is 9.74. The van der Waals surface area contributed by atoms with E-state index >= 15 is 0 Å². The van der Waals surface area contributed by atoms with Crippen LogP contribution in [-0.2, 0) is 17.8 Å². The highest BCUT2D eigenvalue weighted by atomic mass is 35.5. The maximum absolute atomic E-state index is 12.6. The van der Waals surface area contributed by atoms with Crippen molar-refractivity contribution in [3.63, 3.8) is 0 Å². The van der Waals surface area contributed by atoms with Crippen LogP contribution in [0.25, 0.3) is 20.8 Å². The number of nitrogens with zero attached hydrogens (tertiary/aromatic N) is 1. The minimum absolute atomic E-state index is 0.0109. The minimum Gasteiger partial charge on any atom is -0.495 e. The molecule has 3 aromatic rings. The van der Waals surface area contributed by atoms with Crippen LogP contribution in [0.2, 0.25) is 5.02 Å². The minimum atomic E-state index is 0.0109. The Bertz CT molecular complexity index is 1080. The van der Waals surface area contributed by atoms with Gasteiger partial charge in [0.2, 0.25) is 5.91 Å². The van der Waals surface area contributed by atoms with Crippen molar-refractivity contribution in [3.8, 4) is 16.3 Å². The quantitative estimate of drug-likeness (QED) is 0.474. The summed E-state index contributed by atoms with van der Waals surface area (Å²) in [5.41, 5.74) is 3.05. The number of carbonyl (C=O) groups excluding carboxylic acids is 1. The summed E-state index contributed by atoms with van der Waals surface area (Å²) in [6.07, 6.45) is 1.35. The van der Waals surface area contributed by atoms with E-state index in [0.29, 0.717) is 29.8 Å². The first kappa shape index (κ1) is 21.5. The van der Waals surface area contributed by atoms with Gasteiger partial charge in [-0.25, -0.2) is 4.98 Å². The van der Waals surface area contributed by atoms with Gasteiger partial charge in [-0.1, -0.05) is 25.4 Å². The average molecular weight is 465 g/mol. The third-order valence-electron chi connectivity index (χ3n) is 4.98. The molecule has 1 aromatic carbocycles. The zero-order valence-electron chi connectivity index (χ0n) is 17.2. The summed E-state index contributed by atoms with van der Waals surface area (Å²) in [6.45, 7) is 6.54. The molecule has 3 N–H and O–H groups in total. The van der Waals surface area contributed by atoms with E-state index in [9.17, 15) is 4.79 Å². The van der Waals surface area contributed by atoms with Gasteiger partial charge in [0.15, 0.2) is 0 Å². The molecule has 0 bridgehead atoms. The number of carbonyl (C=O) groups is 1. The summed E-state index contributed by atoms with van der Waals surface area (Å²) in [5, 5.41) is 12.1. The standard InChI is InChI=1S/C21H25ClN4O2S2/c1-11(2)24-9-7-16(27)25-20-17(12-6-8-23-10-15(12)30-20)21-26-19-14(29-21)5-4-13(28-3)18(19)22/h4-5,11,23-24H,6-10H2,1-3H3,(H,25,27). The van der Waals surface area contributed by atoms with Crippen molar-refractivity contribution in [2.24, 2.45) is 0 Å². The number of methoxy groups -OCH3 is 1. The molecule has 0 aliphatic carbocycles. The predicted molar refractivity (Wildman–Crippen MR) is 126 cm³/mol. The van der Waals surface area contributed by atoms with Gasteiger partial charge in [-0.05, 0) is 30.7 Å². The SMILES string of the molecule is COc1ccc2sc(-c3c(NC(=O)CCNC(C)C)sc4c3CCNC4)nc2c1Cl. The Balaban J connectivity index is 1.70. The third kappa shape index (κ3) is 4.33. The fourth-order valence-corrected chi connectivity index (χ4v) is 6.21. The number of benzene rings is 1. The molecule has 9 heteroatoms. The van der Waals surface area contributed by atoms with Gasteiger partial charge in [-0.15, -0.1) is 22.7 Å². The summed E-state index contributed by atoms with van der Waals surface area (Å²) in [5.74, 6) is 0.625. The summed E-state index contributed by atoms with van der Waals surface area (Å²) in [4.78, 5) is 18.7. The van der Waals surface area contributed by atoms with Crippen molar-refractivity contribution in [1.29, 1.82) is 0 Å². The molecule has 1 aliphatic rings. The van der Waals surface area contributed by atoms with Crippen LogP contribution < -0.4 is 20.7 Å². The lowest BCUT2D eigenvalue weighted by Gasteiger charge is -2.13. The fourth-order valence-electron chi connectivity index (χ4n) is 3.52. The second-order valence-corrected chi connectivity index (χ2v) is 10.0.